The molecular weight excluding hydrogens is 216 g/mol. The number of imidazole rings is 1. The van der Waals surface area contributed by atoms with E-state index in [2.05, 4.69) is 20.3 Å². The van der Waals surface area contributed by atoms with E-state index >= 15 is 0 Å². The summed E-state index contributed by atoms with van der Waals surface area (Å²) in [6.45, 7) is 1.93. The highest BCUT2D eigenvalue weighted by atomic mass is 15.1. The molecule has 4 N–H and O–H groups in total. The summed E-state index contributed by atoms with van der Waals surface area (Å²) in [7, 11) is 0. The fourth-order valence-electron chi connectivity index (χ4n) is 1.47. The van der Waals surface area contributed by atoms with Gasteiger partial charge in [0, 0.05) is 18.6 Å². The molecule has 6 heteroatoms. The van der Waals surface area contributed by atoms with Gasteiger partial charge in [0.1, 0.15) is 11.9 Å². The molecule has 0 saturated heterocycles. The maximum absolute atomic E-state index is 8.86. The van der Waals surface area contributed by atoms with E-state index in [9.17, 15) is 0 Å². The van der Waals surface area contributed by atoms with Crippen LogP contribution in [-0.4, -0.2) is 15.0 Å². The Kier molecular flexibility index (Phi) is 2.92. The first kappa shape index (κ1) is 11.0. The van der Waals surface area contributed by atoms with E-state index in [1.165, 1.54) is 0 Å². The van der Waals surface area contributed by atoms with Gasteiger partial charge < -0.3 is 16.0 Å². The van der Waals surface area contributed by atoms with Crippen molar-refractivity contribution in [2.24, 2.45) is 0 Å². The molecule has 0 aliphatic heterocycles. The number of nitrogens with two attached hydrogens (primary N) is 1. The van der Waals surface area contributed by atoms with Gasteiger partial charge >= 0.3 is 0 Å². The molecule has 2 aromatic heterocycles. The predicted octanol–water partition coefficient (Wildman–Crippen LogP) is 1.43. The molecule has 2 heterocycles. The molecule has 1 atom stereocenters. The second-order valence-corrected chi connectivity index (χ2v) is 3.57. The monoisotopic (exact) mass is 228 g/mol. The standard InChI is InChI=1S/C11H12N6/c1-7(10-15-4-5-16-10)17-11-9(13)8(6-12)2-3-14-11/h2-5,7H,13H2,1H3,(H,14,17)(H,15,16). The molecule has 0 bridgehead atoms. The average Bonchev–Trinajstić information content (AvgIpc) is 2.85. The number of H-pyrrole nitrogens is 1. The van der Waals surface area contributed by atoms with E-state index in [4.69, 9.17) is 11.0 Å². The van der Waals surface area contributed by atoms with Crippen LogP contribution in [0.15, 0.2) is 24.7 Å². The van der Waals surface area contributed by atoms with Crippen molar-refractivity contribution in [3.05, 3.63) is 36.0 Å². The molecule has 0 aliphatic rings. The van der Waals surface area contributed by atoms with Crippen LogP contribution in [0.2, 0.25) is 0 Å². The first-order chi connectivity index (χ1) is 8.22. The quantitative estimate of drug-likeness (QED) is 0.737. The summed E-state index contributed by atoms with van der Waals surface area (Å²) in [5.74, 6) is 1.28. The lowest BCUT2D eigenvalue weighted by Crippen LogP contribution is -2.11. The van der Waals surface area contributed by atoms with Crippen LogP contribution in [0, 0.1) is 11.3 Å². The van der Waals surface area contributed by atoms with Crippen LogP contribution >= 0.6 is 0 Å². The summed E-state index contributed by atoms with van der Waals surface area (Å²) in [5, 5.41) is 12.0. The number of nitriles is 1. The maximum Gasteiger partial charge on any atom is 0.151 e. The Balaban J connectivity index is 2.23. The molecule has 17 heavy (non-hydrogen) atoms. The minimum atomic E-state index is -0.0613. The van der Waals surface area contributed by atoms with Gasteiger partial charge in [0.2, 0.25) is 0 Å². The van der Waals surface area contributed by atoms with Crippen molar-refractivity contribution < 1.29 is 0 Å². The Morgan fingerprint density at radius 1 is 1.47 bits per heavy atom. The smallest absolute Gasteiger partial charge is 0.151 e. The number of aromatic nitrogens is 3. The number of hydrogen-bond acceptors (Lipinski definition) is 5. The molecule has 0 amide bonds. The summed E-state index contributed by atoms with van der Waals surface area (Å²) in [6, 6.07) is 3.54. The van der Waals surface area contributed by atoms with Crippen molar-refractivity contribution in [3.8, 4) is 6.07 Å². The summed E-state index contributed by atoms with van der Waals surface area (Å²) in [5.41, 5.74) is 6.58. The molecule has 2 rings (SSSR count). The third-order valence-corrected chi connectivity index (χ3v) is 2.39. The maximum atomic E-state index is 8.86. The third-order valence-electron chi connectivity index (χ3n) is 2.39. The lowest BCUT2D eigenvalue weighted by Gasteiger charge is -2.14. The molecular formula is C11H12N6. The van der Waals surface area contributed by atoms with Gasteiger partial charge in [0.15, 0.2) is 5.82 Å². The summed E-state index contributed by atoms with van der Waals surface area (Å²) < 4.78 is 0. The van der Waals surface area contributed by atoms with E-state index in [-0.39, 0.29) is 6.04 Å². The minimum absolute atomic E-state index is 0.0613. The van der Waals surface area contributed by atoms with Crippen LogP contribution < -0.4 is 11.1 Å². The van der Waals surface area contributed by atoms with Gasteiger partial charge in [-0.2, -0.15) is 5.26 Å². The number of rotatable bonds is 3. The topological polar surface area (TPSA) is 103 Å². The highest BCUT2D eigenvalue weighted by Crippen LogP contribution is 2.22. The molecule has 1 unspecified atom stereocenters. The highest BCUT2D eigenvalue weighted by molar-refractivity contribution is 5.69. The number of anilines is 2. The number of aromatic amines is 1. The lowest BCUT2D eigenvalue weighted by atomic mass is 10.2. The predicted molar refractivity (Wildman–Crippen MR) is 64.0 cm³/mol. The number of nitrogens with one attached hydrogen (secondary N) is 2. The Labute approximate surface area is 98.5 Å². The second-order valence-electron chi connectivity index (χ2n) is 3.57. The second kappa shape index (κ2) is 4.53. The molecule has 0 fully saturated rings. The first-order valence-electron chi connectivity index (χ1n) is 5.12. The molecule has 0 aliphatic carbocycles. The van der Waals surface area contributed by atoms with Gasteiger partial charge in [0.25, 0.3) is 0 Å². The van der Waals surface area contributed by atoms with Crippen molar-refractivity contribution in [3.63, 3.8) is 0 Å². The third kappa shape index (κ3) is 2.18. The van der Waals surface area contributed by atoms with Crippen LogP contribution in [0.4, 0.5) is 11.5 Å². The average molecular weight is 228 g/mol. The fourth-order valence-corrected chi connectivity index (χ4v) is 1.47. The molecule has 0 radical (unpaired) electrons. The normalized spacial score (nSPS) is 11.8. The number of pyridine rings is 1. The lowest BCUT2D eigenvalue weighted by molar-refractivity contribution is 0.804. The number of nitrogen functional groups attached to an aromatic ring is 1. The van der Waals surface area contributed by atoms with Gasteiger partial charge in [-0.3, -0.25) is 0 Å². The van der Waals surface area contributed by atoms with E-state index in [1.807, 2.05) is 13.0 Å². The Hall–Kier alpha value is -2.55. The van der Waals surface area contributed by atoms with Gasteiger partial charge in [-0.05, 0) is 13.0 Å². The highest BCUT2D eigenvalue weighted by Gasteiger charge is 2.11. The van der Waals surface area contributed by atoms with Crippen molar-refractivity contribution in [1.29, 1.82) is 5.26 Å². The summed E-state index contributed by atoms with van der Waals surface area (Å²) in [4.78, 5) is 11.2. The van der Waals surface area contributed by atoms with Crippen LogP contribution in [-0.2, 0) is 0 Å². The van der Waals surface area contributed by atoms with Crippen molar-refractivity contribution in [2.75, 3.05) is 11.1 Å². The van der Waals surface area contributed by atoms with Crippen molar-refractivity contribution >= 4 is 11.5 Å². The zero-order chi connectivity index (χ0) is 12.3. The van der Waals surface area contributed by atoms with Gasteiger partial charge in [-0.15, -0.1) is 0 Å². The first-order valence-corrected chi connectivity index (χ1v) is 5.12. The molecule has 0 aromatic carbocycles. The number of nitrogens with zero attached hydrogens (tertiary/aromatic N) is 3. The fraction of sp³-hybridized carbons (Fsp3) is 0.182. The van der Waals surface area contributed by atoms with Crippen LogP contribution in [0.25, 0.3) is 0 Å². The zero-order valence-corrected chi connectivity index (χ0v) is 9.31. The number of hydrogen-bond donors (Lipinski definition) is 3. The molecule has 0 saturated carbocycles. The Morgan fingerprint density at radius 3 is 2.94 bits per heavy atom. The molecule has 2 aromatic rings. The van der Waals surface area contributed by atoms with E-state index in [0.29, 0.717) is 17.1 Å². The minimum Gasteiger partial charge on any atom is -0.395 e. The Morgan fingerprint density at radius 2 is 2.29 bits per heavy atom. The van der Waals surface area contributed by atoms with Crippen LogP contribution in [0.1, 0.15) is 24.4 Å². The van der Waals surface area contributed by atoms with Crippen LogP contribution in [0.5, 0.6) is 0 Å². The molecule has 86 valence electrons. The zero-order valence-electron chi connectivity index (χ0n) is 9.31. The largest absolute Gasteiger partial charge is 0.395 e. The Bertz CT molecular complexity index is 540. The summed E-state index contributed by atoms with van der Waals surface area (Å²) >= 11 is 0. The SMILES string of the molecule is CC(Nc1nccc(C#N)c1N)c1ncc[nH]1. The molecule has 6 nitrogen and oxygen atoms in total. The van der Waals surface area contributed by atoms with Crippen molar-refractivity contribution in [2.45, 2.75) is 13.0 Å². The van der Waals surface area contributed by atoms with Crippen LogP contribution in [0.3, 0.4) is 0 Å². The van der Waals surface area contributed by atoms with E-state index in [0.717, 1.165) is 5.82 Å². The van der Waals surface area contributed by atoms with Gasteiger partial charge in [-0.25, -0.2) is 9.97 Å². The molecule has 0 spiro atoms. The van der Waals surface area contributed by atoms with E-state index in [1.54, 1.807) is 24.7 Å². The van der Waals surface area contributed by atoms with Gasteiger partial charge in [-0.1, -0.05) is 0 Å². The van der Waals surface area contributed by atoms with E-state index < -0.39 is 0 Å². The van der Waals surface area contributed by atoms with Gasteiger partial charge in [0.05, 0.1) is 17.3 Å². The van der Waals surface area contributed by atoms with Crippen molar-refractivity contribution in [1.82, 2.24) is 15.0 Å². The summed E-state index contributed by atoms with van der Waals surface area (Å²) in [6.07, 6.45) is 4.97.